The van der Waals surface area contributed by atoms with Gasteiger partial charge in [0.1, 0.15) is 12.0 Å². The molecule has 30 heavy (non-hydrogen) atoms. The van der Waals surface area contributed by atoms with Gasteiger partial charge in [0.15, 0.2) is 12.2 Å². The van der Waals surface area contributed by atoms with Crippen molar-refractivity contribution in [2.75, 3.05) is 0 Å². The molecule has 0 aliphatic rings. The van der Waals surface area contributed by atoms with E-state index in [9.17, 15) is 4.79 Å². The van der Waals surface area contributed by atoms with Crippen LogP contribution in [0.25, 0.3) is 28.0 Å². The fraction of sp³-hybridized carbons (Fsp3) is 0.0800. The smallest absolute Gasteiger partial charge is 0.181 e. The summed E-state index contributed by atoms with van der Waals surface area (Å²) >= 11 is 0. The monoisotopic (exact) mass is 393 g/mol. The highest BCUT2D eigenvalue weighted by molar-refractivity contribution is 6.04. The second kappa shape index (κ2) is 7.44. The zero-order chi connectivity index (χ0) is 20.5. The Bertz CT molecular complexity index is 1340. The fourth-order valence-electron chi connectivity index (χ4n) is 3.75. The fourth-order valence-corrected chi connectivity index (χ4v) is 3.75. The molecule has 0 saturated heterocycles. The first-order valence-electron chi connectivity index (χ1n) is 9.72. The van der Waals surface area contributed by atoms with Crippen LogP contribution in [0.1, 0.15) is 21.5 Å². The second-order valence-corrected chi connectivity index (χ2v) is 7.32. The topological polar surface area (TPSA) is 60.4 Å². The van der Waals surface area contributed by atoms with E-state index in [1.807, 2.05) is 34.7 Å². The van der Waals surface area contributed by atoms with Crippen LogP contribution in [0.15, 0.2) is 90.3 Å². The van der Waals surface area contributed by atoms with E-state index in [0.717, 1.165) is 27.9 Å². The number of rotatable bonds is 5. The predicted octanol–water partition coefficient (Wildman–Crippen LogP) is 5.39. The number of carbonyl (C=O) groups is 1. The lowest BCUT2D eigenvalue weighted by atomic mass is 10.0. The van der Waals surface area contributed by atoms with Crippen LogP contribution >= 0.6 is 0 Å². The highest BCUT2D eigenvalue weighted by atomic mass is 16.3. The summed E-state index contributed by atoms with van der Waals surface area (Å²) in [6, 6.07) is 18.1. The number of aryl methyl sites for hydroxylation is 1. The Kier molecular flexibility index (Phi) is 4.48. The van der Waals surface area contributed by atoms with Gasteiger partial charge in [-0.1, -0.05) is 42.0 Å². The number of aromatic nitrogens is 3. The average Bonchev–Trinajstić information content (AvgIpc) is 3.41. The summed E-state index contributed by atoms with van der Waals surface area (Å²) in [5.41, 5.74) is 7.19. The van der Waals surface area contributed by atoms with Crippen molar-refractivity contribution in [1.29, 1.82) is 0 Å². The van der Waals surface area contributed by atoms with E-state index in [0.29, 0.717) is 11.3 Å². The first kappa shape index (κ1) is 18.1. The van der Waals surface area contributed by atoms with E-state index in [1.165, 1.54) is 12.0 Å². The summed E-state index contributed by atoms with van der Waals surface area (Å²) in [5.74, 6) is 0.0156. The molecule has 0 aliphatic heterocycles. The molecule has 0 saturated carbocycles. The molecule has 146 valence electrons. The third-order valence-corrected chi connectivity index (χ3v) is 5.18. The Morgan fingerprint density at radius 1 is 1.07 bits per heavy atom. The van der Waals surface area contributed by atoms with E-state index in [2.05, 4.69) is 47.4 Å². The number of benzene rings is 1. The Morgan fingerprint density at radius 3 is 2.77 bits per heavy atom. The van der Waals surface area contributed by atoms with Gasteiger partial charge in [0.2, 0.25) is 0 Å². The molecule has 0 spiro atoms. The summed E-state index contributed by atoms with van der Waals surface area (Å²) < 4.78 is 7.24. The molecule has 5 aromatic rings. The standard InChI is InChI=1S/C25H19N3O2/c1-17-4-2-6-19(10-17)20-7-8-21-12-22(24(29)11-18-5-3-9-26-13-18)25(28(21)14-20)23-15-30-16-27-23/h2-10,12-16H,11H2,1H3. The Balaban J connectivity index is 1.65. The lowest BCUT2D eigenvalue weighted by Crippen LogP contribution is -2.05. The van der Waals surface area contributed by atoms with Crippen molar-refractivity contribution in [2.45, 2.75) is 13.3 Å². The van der Waals surface area contributed by atoms with Crippen LogP contribution in [0.5, 0.6) is 0 Å². The molecule has 5 nitrogen and oxygen atoms in total. The average molecular weight is 393 g/mol. The molecule has 0 aliphatic carbocycles. The minimum atomic E-state index is 0.0156. The number of hydrogen-bond acceptors (Lipinski definition) is 4. The first-order chi connectivity index (χ1) is 14.7. The lowest BCUT2D eigenvalue weighted by Gasteiger charge is -2.07. The Hall–Kier alpha value is -3.99. The lowest BCUT2D eigenvalue weighted by molar-refractivity contribution is 0.0993. The number of hydrogen-bond donors (Lipinski definition) is 0. The molecule has 5 rings (SSSR count). The van der Waals surface area contributed by atoms with Gasteiger partial charge in [-0.05, 0) is 41.8 Å². The van der Waals surface area contributed by atoms with Crippen LogP contribution in [0, 0.1) is 6.92 Å². The number of pyridine rings is 2. The van der Waals surface area contributed by atoms with E-state index < -0.39 is 0 Å². The van der Waals surface area contributed by atoms with Gasteiger partial charge < -0.3 is 8.82 Å². The predicted molar refractivity (Wildman–Crippen MR) is 115 cm³/mol. The maximum atomic E-state index is 13.2. The summed E-state index contributed by atoms with van der Waals surface area (Å²) in [5, 5.41) is 0. The largest absolute Gasteiger partial charge is 0.451 e. The van der Waals surface area contributed by atoms with Crippen molar-refractivity contribution in [3.63, 3.8) is 0 Å². The summed E-state index contributed by atoms with van der Waals surface area (Å²) in [4.78, 5) is 21.6. The minimum absolute atomic E-state index is 0.0156. The van der Waals surface area contributed by atoms with E-state index in [1.54, 1.807) is 18.7 Å². The van der Waals surface area contributed by atoms with Crippen molar-refractivity contribution in [2.24, 2.45) is 0 Å². The van der Waals surface area contributed by atoms with Gasteiger partial charge in [0.25, 0.3) is 0 Å². The van der Waals surface area contributed by atoms with Crippen molar-refractivity contribution in [3.05, 3.63) is 103 Å². The molecule has 0 unspecified atom stereocenters. The normalized spacial score (nSPS) is 11.1. The number of oxazole rings is 1. The number of fused-ring (bicyclic) bond motifs is 1. The summed E-state index contributed by atoms with van der Waals surface area (Å²) in [6.07, 6.45) is 8.71. The van der Waals surface area contributed by atoms with Crippen molar-refractivity contribution in [1.82, 2.24) is 14.4 Å². The van der Waals surface area contributed by atoms with Gasteiger partial charge >= 0.3 is 0 Å². The third-order valence-electron chi connectivity index (χ3n) is 5.18. The molecule has 1 aromatic carbocycles. The van der Waals surface area contributed by atoms with E-state index in [4.69, 9.17) is 4.42 Å². The molecule has 4 heterocycles. The van der Waals surface area contributed by atoms with Crippen LogP contribution in [0.4, 0.5) is 0 Å². The third kappa shape index (κ3) is 3.31. The Morgan fingerprint density at radius 2 is 2.00 bits per heavy atom. The van der Waals surface area contributed by atoms with Gasteiger partial charge in [-0.2, -0.15) is 0 Å². The van der Waals surface area contributed by atoms with Gasteiger partial charge in [-0.25, -0.2) is 4.98 Å². The molecular formula is C25H19N3O2. The molecule has 0 amide bonds. The van der Waals surface area contributed by atoms with Crippen LogP contribution in [0.3, 0.4) is 0 Å². The number of carbonyl (C=O) groups excluding carboxylic acids is 1. The van der Waals surface area contributed by atoms with E-state index in [-0.39, 0.29) is 12.2 Å². The Labute approximate surface area is 173 Å². The molecule has 0 fully saturated rings. The maximum Gasteiger partial charge on any atom is 0.181 e. The molecule has 4 aromatic heterocycles. The molecule has 5 heteroatoms. The summed E-state index contributed by atoms with van der Waals surface area (Å²) in [7, 11) is 0. The minimum Gasteiger partial charge on any atom is -0.451 e. The quantitative estimate of drug-likeness (QED) is 0.376. The number of Topliss-reactive ketones (excluding diaryl/α,β-unsaturated/α-hetero) is 1. The van der Waals surface area contributed by atoms with Gasteiger partial charge in [0, 0.05) is 36.1 Å². The zero-order valence-electron chi connectivity index (χ0n) is 16.4. The van der Waals surface area contributed by atoms with Crippen LogP contribution in [-0.2, 0) is 6.42 Å². The van der Waals surface area contributed by atoms with Gasteiger partial charge in [-0.3, -0.25) is 9.78 Å². The van der Waals surface area contributed by atoms with Gasteiger partial charge in [-0.15, -0.1) is 0 Å². The van der Waals surface area contributed by atoms with E-state index >= 15 is 0 Å². The SMILES string of the molecule is Cc1cccc(-c2ccc3cc(C(=O)Cc4cccnc4)c(-c4cocn4)n3c2)c1. The first-order valence-corrected chi connectivity index (χ1v) is 9.72. The molecule has 0 radical (unpaired) electrons. The molecule has 0 bridgehead atoms. The van der Waals surface area contributed by atoms with Crippen molar-refractivity contribution >= 4 is 11.3 Å². The van der Waals surface area contributed by atoms with Crippen molar-refractivity contribution in [3.8, 4) is 22.5 Å². The molecule has 0 atom stereocenters. The second-order valence-electron chi connectivity index (χ2n) is 7.32. The van der Waals surface area contributed by atoms with Crippen molar-refractivity contribution < 1.29 is 9.21 Å². The number of ketones is 1. The van der Waals surface area contributed by atoms with Crippen LogP contribution in [-0.4, -0.2) is 20.2 Å². The van der Waals surface area contributed by atoms with Crippen LogP contribution < -0.4 is 0 Å². The number of nitrogens with zero attached hydrogens (tertiary/aromatic N) is 3. The van der Waals surface area contributed by atoms with Gasteiger partial charge in [0.05, 0.1) is 5.69 Å². The van der Waals surface area contributed by atoms with Crippen LogP contribution in [0.2, 0.25) is 0 Å². The summed E-state index contributed by atoms with van der Waals surface area (Å²) in [6.45, 7) is 2.08. The molecule has 0 N–H and O–H groups in total. The highest BCUT2D eigenvalue weighted by Crippen LogP contribution is 2.30. The maximum absolute atomic E-state index is 13.2. The highest BCUT2D eigenvalue weighted by Gasteiger charge is 2.21. The molecular weight excluding hydrogens is 374 g/mol. The zero-order valence-corrected chi connectivity index (χ0v) is 16.4.